The van der Waals surface area contributed by atoms with Gasteiger partial charge < -0.3 is 10.2 Å². The van der Waals surface area contributed by atoms with E-state index in [1.165, 1.54) is 35.2 Å². The van der Waals surface area contributed by atoms with Crippen LogP contribution in [0.15, 0.2) is 77.7 Å². The number of halogens is 2. The first-order valence-electron chi connectivity index (χ1n) is 12.4. The van der Waals surface area contributed by atoms with Gasteiger partial charge in [0.15, 0.2) is 0 Å². The van der Waals surface area contributed by atoms with Gasteiger partial charge in [0.25, 0.3) is 10.0 Å². The summed E-state index contributed by atoms with van der Waals surface area (Å²) in [4.78, 5) is 28.4. The van der Waals surface area contributed by atoms with Gasteiger partial charge >= 0.3 is 0 Å². The molecule has 1 unspecified atom stereocenters. The SMILES string of the molecule is Cc1ccc(CN(C(=O)CN(c2ccc(Cl)cc2Cl)S(=O)(=O)c2ccccc2)C(C)C(=O)NC(C)(C)C)cc1. The Labute approximate surface area is 240 Å². The third kappa shape index (κ3) is 7.97. The monoisotopic (exact) mass is 589 g/mol. The molecular formula is C29H33Cl2N3O4S. The molecule has 2 amide bonds. The summed E-state index contributed by atoms with van der Waals surface area (Å²) in [5.41, 5.74) is 1.42. The molecule has 1 atom stereocenters. The van der Waals surface area contributed by atoms with Crippen LogP contribution in [0.25, 0.3) is 0 Å². The molecular weight excluding hydrogens is 557 g/mol. The van der Waals surface area contributed by atoms with Crippen molar-refractivity contribution in [1.29, 1.82) is 0 Å². The molecule has 0 saturated carbocycles. The summed E-state index contributed by atoms with van der Waals surface area (Å²) in [5.74, 6) is -0.928. The standard InChI is InChI=1S/C29H33Cl2N3O4S/c1-20-11-13-22(14-12-20)18-33(21(2)28(36)32-29(3,4)5)27(35)19-34(26-16-15-23(30)17-25(26)31)39(37,38)24-9-7-6-8-10-24/h6-17,21H,18-19H2,1-5H3,(H,32,36). The zero-order valence-corrected chi connectivity index (χ0v) is 24.9. The average molecular weight is 591 g/mol. The molecule has 3 aromatic rings. The van der Waals surface area contributed by atoms with E-state index in [4.69, 9.17) is 23.2 Å². The van der Waals surface area contributed by atoms with Crippen molar-refractivity contribution in [3.05, 3.63) is 94.0 Å². The fourth-order valence-electron chi connectivity index (χ4n) is 3.86. The normalized spacial score (nSPS) is 12.5. The fourth-order valence-corrected chi connectivity index (χ4v) is 5.88. The first kappa shape index (κ1) is 30.5. The number of hydrogen-bond acceptors (Lipinski definition) is 4. The maximum absolute atomic E-state index is 13.9. The molecule has 7 nitrogen and oxygen atoms in total. The Morgan fingerprint density at radius 1 is 0.949 bits per heavy atom. The summed E-state index contributed by atoms with van der Waals surface area (Å²) in [7, 11) is -4.21. The van der Waals surface area contributed by atoms with E-state index in [1.807, 2.05) is 52.0 Å². The van der Waals surface area contributed by atoms with Crippen LogP contribution in [0.5, 0.6) is 0 Å². The van der Waals surface area contributed by atoms with E-state index >= 15 is 0 Å². The van der Waals surface area contributed by atoms with Crippen molar-refractivity contribution in [1.82, 2.24) is 10.2 Å². The third-order valence-corrected chi connectivity index (χ3v) is 8.24. The minimum absolute atomic E-state index is 0.00701. The lowest BCUT2D eigenvalue weighted by atomic mass is 10.1. The van der Waals surface area contributed by atoms with Gasteiger partial charge in [-0.1, -0.05) is 71.2 Å². The highest BCUT2D eigenvalue weighted by Crippen LogP contribution is 2.33. The predicted molar refractivity (Wildman–Crippen MR) is 157 cm³/mol. The molecule has 0 aliphatic carbocycles. The first-order valence-corrected chi connectivity index (χ1v) is 14.6. The molecule has 0 aliphatic heterocycles. The largest absolute Gasteiger partial charge is 0.350 e. The highest BCUT2D eigenvalue weighted by atomic mass is 35.5. The molecule has 0 aromatic heterocycles. The molecule has 0 saturated heterocycles. The number of sulfonamides is 1. The fraction of sp³-hybridized carbons (Fsp3) is 0.310. The van der Waals surface area contributed by atoms with Crippen LogP contribution in [0.3, 0.4) is 0 Å². The lowest BCUT2D eigenvalue weighted by molar-refractivity contribution is -0.140. The number of anilines is 1. The van der Waals surface area contributed by atoms with Crippen LogP contribution >= 0.6 is 23.2 Å². The first-order chi connectivity index (χ1) is 18.2. The highest BCUT2D eigenvalue weighted by molar-refractivity contribution is 7.92. The summed E-state index contributed by atoms with van der Waals surface area (Å²) in [6.45, 7) is 8.64. The van der Waals surface area contributed by atoms with E-state index < -0.39 is 34.1 Å². The molecule has 10 heteroatoms. The van der Waals surface area contributed by atoms with Crippen LogP contribution in [0.1, 0.15) is 38.8 Å². The predicted octanol–water partition coefficient (Wildman–Crippen LogP) is 5.83. The zero-order chi connectivity index (χ0) is 29.0. The number of carbonyl (C=O) groups is 2. The minimum atomic E-state index is -4.21. The van der Waals surface area contributed by atoms with Gasteiger partial charge in [0.05, 0.1) is 15.6 Å². The van der Waals surface area contributed by atoms with E-state index in [-0.39, 0.29) is 28.1 Å². The summed E-state index contributed by atoms with van der Waals surface area (Å²) in [6, 6.07) is 18.8. The summed E-state index contributed by atoms with van der Waals surface area (Å²) >= 11 is 12.5. The molecule has 3 rings (SSSR count). The smallest absolute Gasteiger partial charge is 0.264 e. The van der Waals surface area contributed by atoms with Gasteiger partial charge in [0.2, 0.25) is 11.8 Å². The van der Waals surface area contributed by atoms with Gasteiger partial charge in [-0.15, -0.1) is 0 Å². The van der Waals surface area contributed by atoms with Crippen molar-refractivity contribution in [2.45, 2.75) is 57.6 Å². The second-order valence-corrected chi connectivity index (χ2v) is 13.0. The van der Waals surface area contributed by atoms with Gasteiger partial charge in [-0.25, -0.2) is 8.42 Å². The van der Waals surface area contributed by atoms with Crippen LogP contribution in [-0.2, 0) is 26.2 Å². The molecule has 0 heterocycles. The van der Waals surface area contributed by atoms with Gasteiger partial charge in [-0.3, -0.25) is 13.9 Å². The van der Waals surface area contributed by atoms with Gasteiger partial charge in [0, 0.05) is 17.1 Å². The number of aryl methyl sites for hydroxylation is 1. The Kier molecular flexibility index (Phi) is 9.69. The molecule has 3 aromatic carbocycles. The quantitative estimate of drug-likeness (QED) is 0.340. The molecule has 0 fully saturated rings. The van der Waals surface area contributed by atoms with E-state index in [0.717, 1.165) is 15.4 Å². The third-order valence-electron chi connectivity index (χ3n) is 5.93. The summed E-state index contributed by atoms with van der Waals surface area (Å²) in [5, 5.41) is 3.29. The number of nitrogens with zero attached hydrogens (tertiary/aromatic N) is 2. The Balaban J connectivity index is 2.05. The van der Waals surface area contributed by atoms with Crippen LogP contribution < -0.4 is 9.62 Å². The number of amides is 2. The second-order valence-electron chi connectivity index (χ2n) is 10.3. The van der Waals surface area contributed by atoms with Crippen LogP contribution in [0, 0.1) is 6.92 Å². The molecule has 1 N–H and O–H groups in total. The minimum Gasteiger partial charge on any atom is -0.350 e. The average Bonchev–Trinajstić information content (AvgIpc) is 2.86. The Morgan fingerprint density at radius 2 is 1.56 bits per heavy atom. The summed E-state index contributed by atoms with van der Waals surface area (Å²) in [6.07, 6.45) is 0. The van der Waals surface area contributed by atoms with E-state index in [9.17, 15) is 18.0 Å². The zero-order valence-electron chi connectivity index (χ0n) is 22.6. The number of benzene rings is 3. The van der Waals surface area contributed by atoms with Gasteiger partial charge in [0.1, 0.15) is 12.6 Å². The van der Waals surface area contributed by atoms with Crippen LogP contribution in [-0.4, -0.2) is 43.3 Å². The molecule has 208 valence electrons. The Bertz CT molecular complexity index is 1420. The Hall–Kier alpha value is -3.07. The molecule has 0 aliphatic rings. The van der Waals surface area contributed by atoms with Crippen molar-refractivity contribution < 1.29 is 18.0 Å². The lowest BCUT2D eigenvalue weighted by Gasteiger charge is -2.33. The lowest BCUT2D eigenvalue weighted by Crippen LogP contribution is -2.54. The number of rotatable bonds is 9. The Morgan fingerprint density at radius 3 is 2.13 bits per heavy atom. The molecule has 0 bridgehead atoms. The second kappa shape index (κ2) is 12.4. The maximum atomic E-state index is 13.9. The van der Waals surface area contributed by atoms with Crippen molar-refractivity contribution in [2.24, 2.45) is 0 Å². The summed E-state index contributed by atoms with van der Waals surface area (Å²) < 4.78 is 28.6. The topological polar surface area (TPSA) is 86.8 Å². The molecule has 0 spiro atoms. The number of nitrogens with one attached hydrogen (secondary N) is 1. The van der Waals surface area contributed by atoms with Gasteiger partial charge in [-0.2, -0.15) is 0 Å². The van der Waals surface area contributed by atoms with Crippen molar-refractivity contribution in [3.63, 3.8) is 0 Å². The highest BCUT2D eigenvalue weighted by Gasteiger charge is 2.34. The van der Waals surface area contributed by atoms with E-state index in [1.54, 1.807) is 25.1 Å². The van der Waals surface area contributed by atoms with Crippen molar-refractivity contribution in [3.8, 4) is 0 Å². The molecule has 39 heavy (non-hydrogen) atoms. The van der Waals surface area contributed by atoms with E-state index in [0.29, 0.717) is 5.02 Å². The maximum Gasteiger partial charge on any atom is 0.264 e. The van der Waals surface area contributed by atoms with Crippen molar-refractivity contribution in [2.75, 3.05) is 10.8 Å². The number of carbonyl (C=O) groups excluding carboxylic acids is 2. The van der Waals surface area contributed by atoms with Crippen LogP contribution in [0.2, 0.25) is 10.0 Å². The molecule has 0 radical (unpaired) electrons. The van der Waals surface area contributed by atoms with Gasteiger partial charge in [-0.05, 0) is 70.5 Å². The van der Waals surface area contributed by atoms with Crippen molar-refractivity contribution >= 4 is 50.7 Å². The number of hydrogen-bond donors (Lipinski definition) is 1. The van der Waals surface area contributed by atoms with E-state index in [2.05, 4.69) is 5.32 Å². The van der Waals surface area contributed by atoms with Crippen LogP contribution in [0.4, 0.5) is 5.69 Å².